The highest BCUT2D eigenvalue weighted by atomic mass is 19.1. The van der Waals surface area contributed by atoms with E-state index in [0.29, 0.717) is 36.7 Å². The van der Waals surface area contributed by atoms with E-state index in [1.807, 2.05) is 46.1 Å². The molecule has 0 spiro atoms. The maximum Gasteiger partial charge on any atom is 0.254 e. The molecule has 0 bridgehead atoms. The highest BCUT2D eigenvalue weighted by Gasteiger charge is 2.34. The van der Waals surface area contributed by atoms with Crippen LogP contribution >= 0.6 is 0 Å². The standard InChI is InChI=1S/C24H23FN6O/c25-19-10-8-17(9-11-19)15-22-27-23(29-28-22)21-7-3-14-31(21)24(32)20-6-2-1-5-18(20)16-30-13-4-12-26-30/h1-2,4-6,8-13,21H,3,7,14-16H2,(H,27,28,29)/t21-/m0/s1. The Morgan fingerprint density at radius 3 is 2.78 bits per heavy atom. The number of halogens is 1. The number of likely N-dealkylation sites (tertiary alicyclic amines) is 1. The van der Waals surface area contributed by atoms with Gasteiger partial charge in [-0.2, -0.15) is 10.2 Å². The van der Waals surface area contributed by atoms with Crippen LogP contribution in [0.25, 0.3) is 0 Å². The molecular formula is C24H23FN6O. The average Bonchev–Trinajstić information content (AvgIpc) is 3.57. The Labute approximate surface area is 184 Å². The van der Waals surface area contributed by atoms with Crippen LogP contribution in [0.15, 0.2) is 67.0 Å². The number of hydrogen-bond acceptors (Lipinski definition) is 4. The molecule has 1 N–H and O–H groups in total. The van der Waals surface area contributed by atoms with Gasteiger partial charge in [0, 0.05) is 30.9 Å². The number of H-pyrrole nitrogens is 1. The molecule has 1 aliphatic rings. The Hall–Kier alpha value is -3.81. The maximum atomic E-state index is 13.5. The molecule has 162 valence electrons. The zero-order valence-electron chi connectivity index (χ0n) is 17.5. The summed E-state index contributed by atoms with van der Waals surface area (Å²) in [6.45, 7) is 1.21. The molecule has 2 aromatic carbocycles. The summed E-state index contributed by atoms with van der Waals surface area (Å²) in [5.41, 5.74) is 2.55. The summed E-state index contributed by atoms with van der Waals surface area (Å²) in [7, 11) is 0. The van der Waals surface area contributed by atoms with E-state index in [9.17, 15) is 9.18 Å². The minimum absolute atomic E-state index is 0.0138. The lowest BCUT2D eigenvalue weighted by molar-refractivity contribution is 0.0728. The van der Waals surface area contributed by atoms with Crippen LogP contribution in [0.2, 0.25) is 0 Å². The van der Waals surface area contributed by atoms with Crippen molar-refractivity contribution in [1.29, 1.82) is 0 Å². The van der Waals surface area contributed by atoms with Crippen LogP contribution in [-0.2, 0) is 13.0 Å². The molecule has 0 saturated carbocycles. The Morgan fingerprint density at radius 1 is 1.12 bits per heavy atom. The van der Waals surface area contributed by atoms with Gasteiger partial charge in [0.15, 0.2) is 5.82 Å². The van der Waals surface area contributed by atoms with Crippen LogP contribution in [0.5, 0.6) is 0 Å². The van der Waals surface area contributed by atoms with Gasteiger partial charge in [-0.3, -0.25) is 14.6 Å². The van der Waals surface area contributed by atoms with Gasteiger partial charge in [-0.05, 0) is 48.2 Å². The topological polar surface area (TPSA) is 79.7 Å². The normalized spacial score (nSPS) is 15.9. The van der Waals surface area contributed by atoms with Crippen molar-refractivity contribution in [2.75, 3.05) is 6.54 Å². The quantitative estimate of drug-likeness (QED) is 0.505. The molecule has 0 aliphatic carbocycles. The summed E-state index contributed by atoms with van der Waals surface area (Å²) in [4.78, 5) is 20.0. The molecule has 0 unspecified atom stereocenters. The zero-order valence-corrected chi connectivity index (χ0v) is 17.5. The van der Waals surface area contributed by atoms with E-state index >= 15 is 0 Å². The molecule has 1 saturated heterocycles. The maximum absolute atomic E-state index is 13.5. The second kappa shape index (κ2) is 8.74. The van der Waals surface area contributed by atoms with Crippen molar-refractivity contribution in [1.82, 2.24) is 29.9 Å². The minimum atomic E-state index is -0.264. The lowest BCUT2D eigenvalue weighted by Gasteiger charge is -2.24. The second-order valence-corrected chi connectivity index (χ2v) is 7.96. The fourth-order valence-electron chi connectivity index (χ4n) is 4.20. The summed E-state index contributed by atoms with van der Waals surface area (Å²) < 4.78 is 15.0. The number of amides is 1. The van der Waals surface area contributed by atoms with E-state index < -0.39 is 0 Å². The molecule has 5 rings (SSSR count). The second-order valence-electron chi connectivity index (χ2n) is 7.96. The highest BCUT2D eigenvalue weighted by Crippen LogP contribution is 2.32. The monoisotopic (exact) mass is 430 g/mol. The number of carbonyl (C=O) groups excluding carboxylic acids is 1. The van der Waals surface area contributed by atoms with Gasteiger partial charge >= 0.3 is 0 Å². The van der Waals surface area contributed by atoms with Crippen LogP contribution in [0.3, 0.4) is 0 Å². The molecule has 8 heteroatoms. The number of aromatic amines is 1. The smallest absolute Gasteiger partial charge is 0.254 e. The van der Waals surface area contributed by atoms with Gasteiger partial charge < -0.3 is 4.90 Å². The van der Waals surface area contributed by atoms with Gasteiger partial charge in [0.25, 0.3) is 5.91 Å². The SMILES string of the molecule is O=C(c1ccccc1Cn1cccn1)N1CCC[C@H]1c1n[nH]c(Cc2ccc(F)cc2)n1. The highest BCUT2D eigenvalue weighted by molar-refractivity contribution is 5.96. The lowest BCUT2D eigenvalue weighted by atomic mass is 10.1. The summed E-state index contributed by atoms with van der Waals surface area (Å²) in [6, 6.07) is 15.7. The number of benzene rings is 2. The Morgan fingerprint density at radius 2 is 1.97 bits per heavy atom. The van der Waals surface area contributed by atoms with Crippen molar-refractivity contribution in [3.8, 4) is 0 Å². The number of carbonyl (C=O) groups is 1. The Kier molecular flexibility index (Phi) is 5.49. The van der Waals surface area contributed by atoms with Gasteiger partial charge in [0.1, 0.15) is 11.6 Å². The Bertz CT molecular complexity index is 1200. The molecule has 7 nitrogen and oxygen atoms in total. The van der Waals surface area contributed by atoms with Crippen molar-refractivity contribution < 1.29 is 9.18 Å². The molecule has 1 atom stereocenters. The molecule has 1 aliphatic heterocycles. The van der Waals surface area contributed by atoms with Crippen molar-refractivity contribution in [3.05, 3.63) is 101 Å². The van der Waals surface area contributed by atoms with Gasteiger partial charge in [0.2, 0.25) is 0 Å². The van der Waals surface area contributed by atoms with E-state index in [4.69, 9.17) is 0 Å². The number of nitrogens with one attached hydrogen (secondary N) is 1. The van der Waals surface area contributed by atoms with Gasteiger partial charge in [-0.25, -0.2) is 9.37 Å². The van der Waals surface area contributed by atoms with Crippen LogP contribution in [0, 0.1) is 5.82 Å². The molecule has 1 amide bonds. The predicted molar refractivity (Wildman–Crippen MR) is 116 cm³/mol. The fourth-order valence-corrected chi connectivity index (χ4v) is 4.20. The first-order valence-electron chi connectivity index (χ1n) is 10.7. The van der Waals surface area contributed by atoms with E-state index in [0.717, 1.165) is 24.0 Å². The first kappa shape index (κ1) is 20.1. The summed E-state index contributed by atoms with van der Waals surface area (Å²) in [5, 5.41) is 11.6. The number of hydrogen-bond donors (Lipinski definition) is 1. The summed E-state index contributed by atoms with van der Waals surface area (Å²) in [6.07, 6.45) is 5.87. The summed E-state index contributed by atoms with van der Waals surface area (Å²) >= 11 is 0. The van der Waals surface area contributed by atoms with Gasteiger partial charge in [-0.1, -0.05) is 30.3 Å². The zero-order chi connectivity index (χ0) is 21.9. The fraction of sp³-hybridized carbons (Fsp3) is 0.250. The number of nitrogens with zero attached hydrogens (tertiary/aromatic N) is 5. The van der Waals surface area contributed by atoms with E-state index in [1.165, 1.54) is 12.1 Å². The average molecular weight is 430 g/mol. The van der Waals surface area contributed by atoms with Gasteiger partial charge in [0.05, 0.1) is 12.6 Å². The molecule has 0 radical (unpaired) electrons. The van der Waals surface area contributed by atoms with E-state index in [1.54, 1.807) is 18.3 Å². The Balaban J connectivity index is 1.35. The van der Waals surface area contributed by atoms with Crippen LogP contribution < -0.4 is 0 Å². The van der Waals surface area contributed by atoms with Crippen molar-refractivity contribution in [2.24, 2.45) is 0 Å². The van der Waals surface area contributed by atoms with E-state index in [2.05, 4.69) is 20.3 Å². The third-order valence-corrected chi connectivity index (χ3v) is 5.78. The first-order valence-corrected chi connectivity index (χ1v) is 10.7. The van der Waals surface area contributed by atoms with Gasteiger partial charge in [-0.15, -0.1) is 0 Å². The molecule has 3 heterocycles. The van der Waals surface area contributed by atoms with Crippen molar-refractivity contribution in [2.45, 2.75) is 31.8 Å². The molecular weight excluding hydrogens is 407 g/mol. The van der Waals surface area contributed by atoms with Crippen LogP contribution in [0.1, 0.15) is 52.0 Å². The molecule has 1 fully saturated rings. The first-order chi connectivity index (χ1) is 15.7. The minimum Gasteiger partial charge on any atom is -0.328 e. The molecule has 32 heavy (non-hydrogen) atoms. The summed E-state index contributed by atoms with van der Waals surface area (Å²) in [5.74, 6) is 1.04. The van der Waals surface area contributed by atoms with Crippen molar-refractivity contribution >= 4 is 5.91 Å². The third-order valence-electron chi connectivity index (χ3n) is 5.78. The van der Waals surface area contributed by atoms with Crippen LogP contribution in [-0.4, -0.2) is 42.3 Å². The molecule has 4 aromatic rings. The largest absolute Gasteiger partial charge is 0.328 e. The van der Waals surface area contributed by atoms with Crippen molar-refractivity contribution in [3.63, 3.8) is 0 Å². The third kappa shape index (κ3) is 4.16. The number of aromatic nitrogens is 5. The van der Waals surface area contributed by atoms with Crippen LogP contribution in [0.4, 0.5) is 4.39 Å². The predicted octanol–water partition coefficient (Wildman–Crippen LogP) is 3.76. The number of rotatable bonds is 6. The van der Waals surface area contributed by atoms with E-state index in [-0.39, 0.29) is 17.8 Å². The molecule has 2 aromatic heterocycles. The lowest BCUT2D eigenvalue weighted by Crippen LogP contribution is -2.32.